The zero-order chi connectivity index (χ0) is 20.4. The molecule has 4 aliphatic rings. The average molecular weight is 508 g/mol. The number of benzene rings is 2. The van der Waals surface area contributed by atoms with Crippen molar-refractivity contribution in [3.8, 4) is 5.75 Å². The van der Waals surface area contributed by atoms with Crippen molar-refractivity contribution in [2.45, 2.75) is 50.9 Å². The molecule has 0 aromatic heterocycles. The number of para-hydroxylation sites is 1. The van der Waals surface area contributed by atoms with Crippen molar-refractivity contribution in [1.29, 1.82) is 0 Å². The van der Waals surface area contributed by atoms with E-state index in [-0.39, 0.29) is 5.41 Å². The molecular formula is C24H27Cl2NOZr. The van der Waals surface area contributed by atoms with Gasteiger partial charge in [0.05, 0.1) is 5.69 Å². The fourth-order valence-corrected chi connectivity index (χ4v) is 6.41. The first-order valence-corrected chi connectivity index (χ1v) is 16.8. The number of phenolic OH excluding ortho intramolecular Hbond substituents is 1. The molecule has 4 saturated carbocycles. The maximum atomic E-state index is 11.2. The van der Waals surface area contributed by atoms with Crippen LogP contribution < -0.4 is 0 Å². The average Bonchev–Trinajstić information content (AvgIpc) is 2.69. The van der Waals surface area contributed by atoms with Gasteiger partial charge in [0.1, 0.15) is 5.75 Å². The van der Waals surface area contributed by atoms with Crippen molar-refractivity contribution in [3.63, 3.8) is 0 Å². The van der Waals surface area contributed by atoms with E-state index in [2.05, 4.69) is 24.0 Å². The van der Waals surface area contributed by atoms with Crippen molar-refractivity contribution in [2.75, 3.05) is 0 Å². The number of phenols is 1. The molecule has 4 fully saturated rings. The standard InChI is InChI=1S/C24H27NO.2ClH.Zr/c1-16-7-20(15-25-21-5-3-2-4-6-21)23(26)22(8-16)24-12-17-9-18(13-24)11-19(10-17)14-24;;;/h2-8,15,17-19,26H,9-14H2,1H3;2*1H;/q;;;+2/p-2. The predicted octanol–water partition coefficient (Wildman–Crippen LogP) is 7.30. The maximum absolute atomic E-state index is 11.2. The molecule has 6 rings (SSSR count). The Hall–Kier alpha value is -0.627. The van der Waals surface area contributed by atoms with Crippen molar-refractivity contribution < 1.29 is 26.0 Å². The Morgan fingerprint density at radius 1 is 1.00 bits per heavy atom. The quantitative estimate of drug-likeness (QED) is 0.435. The fourth-order valence-electron chi connectivity index (χ4n) is 6.41. The summed E-state index contributed by atoms with van der Waals surface area (Å²) >= 11 is -0.826. The Morgan fingerprint density at radius 3 is 2.10 bits per heavy atom. The molecule has 0 radical (unpaired) electrons. The molecule has 2 nitrogen and oxygen atoms in total. The summed E-state index contributed by atoms with van der Waals surface area (Å²) < 4.78 is 0. The molecule has 0 saturated heterocycles. The minimum atomic E-state index is -0.826. The summed E-state index contributed by atoms with van der Waals surface area (Å²) in [7, 11) is 9.87. The molecule has 4 aliphatic carbocycles. The summed E-state index contributed by atoms with van der Waals surface area (Å²) in [5.41, 5.74) is 4.42. The zero-order valence-corrected chi connectivity index (χ0v) is 20.7. The topological polar surface area (TPSA) is 32.6 Å². The van der Waals surface area contributed by atoms with Crippen LogP contribution in [-0.2, 0) is 26.3 Å². The van der Waals surface area contributed by atoms with Gasteiger partial charge in [-0.3, -0.25) is 4.99 Å². The number of nitrogens with zero attached hydrogens (tertiary/aromatic N) is 1. The van der Waals surface area contributed by atoms with Gasteiger partial charge < -0.3 is 5.11 Å². The number of aryl methyl sites for hydroxylation is 1. The summed E-state index contributed by atoms with van der Waals surface area (Å²) in [6, 6.07) is 14.3. The second kappa shape index (κ2) is 9.25. The fraction of sp³-hybridized carbons (Fsp3) is 0.458. The van der Waals surface area contributed by atoms with E-state index in [0.29, 0.717) is 5.75 Å². The first kappa shape index (κ1) is 21.6. The molecular weight excluding hydrogens is 480 g/mol. The van der Waals surface area contributed by atoms with E-state index in [1.807, 2.05) is 36.5 Å². The first-order valence-electron chi connectivity index (χ1n) is 10.4. The van der Waals surface area contributed by atoms with Gasteiger partial charge in [-0.2, -0.15) is 0 Å². The molecule has 152 valence electrons. The summed E-state index contributed by atoms with van der Waals surface area (Å²) in [4.78, 5) is 4.58. The Kier molecular flexibility index (Phi) is 6.89. The predicted molar refractivity (Wildman–Crippen MR) is 118 cm³/mol. The van der Waals surface area contributed by atoms with Crippen LogP contribution in [0, 0.1) is 24.7 Å². The van der Waals surface area contributed by atoms with E-state index in [4.69, 9.17) is 17.0 Å². The van der Waals surface area contributed by atoms with E-state index in [1.165, 1.54) is 49.7 Å². The van der Waals surface area contributed by atoms with Crippen molar-refractivity contribution in [3.05, 3.63) is 59.2 Å². The molecule has 2 aromatic carbocycles. The summed E-state index contributed by atoms with van der Waals surface area (Å²) in [5, 5.41) is 11.2. The second-order valence-electron chi connectivity index (χ2n) is 9.11. The molecule has 0 aliphatic heterocycles. The Bertz CT molecular complexity index is 849. The minimum absolute atomic E-state index is 0.209. The van der Waals surface area contributed by atoms with Crippen LogP contribution in [0.25, 0.3) is 0 Å². The van der Waals surface area contributed by atoms with Gasteiger partial charge >= 0.3 is 37.9 Å². The number of hydrogen-bond donors (Lipinski definition) is 1. The van der Waals surface area contributed by atoms with E-state index >= 15 is 0 Å². The Balaban J connectivity index is 0.000000645. The molecule has 0 heterocycles. The Morgan fingerprint density at radius 2 is 1.55 bits per heavy atom. The van der Waals surface area contributed by atoms with Crippen LogP contribution in [0.1, 0.15) is 55.2 Å². The van der Waals surface area contributed by atoms with Gasteiger partial charge in [0.2, 0.25) is 0 Å². The molecule has 4 bridgehead atoms. The van der Waals surface area contributed by atoms with Crippen LogP contribution in [0.3, 0.4) is 0 Å². The molecule has 2 aromatic rings. The summed E-state index contributed by atoms with van der Waals surface area (Å²) in [6.45, 7) is 2.14. The zero-order valence-electron chi connectivity index (χ0n) is 16.7. The van der Waals surface area contributed by atoms with Gasteiger partial charge in [-0.15, -0.1) is 0 Å². The molecule has 0 spiro atoms. The van der Waals surface area contributed by atoms with Crippen molar-refractivity contribution in [2.24, 2.45) is 22.7 Å². The third kappa shape index (κ3) is 4.68. The van der Waals surface area contributed by atoms with Gasteiger partial charge in [0.25, 0.3) is 0 Å². The molecule has 5 heteroatoms. The van der Waals surface area contributed by atoms with Crippen molar-refractivity contribution >= 4 is 28.9 Å². The second-order valence-corrected chi connectivity index (χ2v) is 12.8. The molecule has 0 atom stereocenters. The number of rotatable bonds is 3. The van der Waals surface area contributed by atoms with E-state index in [0.717, 1.165) is 29.0 Å². The van der Waals surface area contributed by atoms with Gasteiger partial charge in [-0.25, -0.2) is 0 Å². The molecule has 0 amide bonds. The van der Waals surface area contributed by atoms with Crippen molar-refractivity contribution in [1.82, 2.24) is 0 Å². The Labute approximate surface area is 192 Å². The number of aromatic hydroxyl groups is 1. The van der Waals surface area contributed by atoms with Crippen LogP contribution in [0.15, 0.2) is 47.5 Å². The SMILES string of the molecule is Cc1cc(C=Nc2ccccc2)c(O)c(C23CC4CC(CC(C4)C2)C3)c1.[Cl][Zr][Cl]. The summed E-state index contributed by atoms with van der Waals surface area (Å²) in [6.07, 6.45) is 9.92. The van der Waals surface area contributed by atoms with Crippen LogP contribution in [0.4, 0.5) is 5.69 Å². The van der Waals surface area contributed by atoms with Crippen LogP contribution >= 0.6 is 17.0 Å². The van der Waals surface area contributed by atoms with E-state index < -0.39 is 20.8 Å². The molecule has 29 heavy (non-hydrogen) atoms. The van der Waals surface area contributed by atoms with Crippen LogP contribution in [-0.4, -0.2) is 11.3 Å². The number of aliphatic imine (C=N–C) groups is 1. The third-order valence-corrected chi connectivity index (χ3v) is 7.00. The van der Waals surface area contributed by atoms with E-state index in [9.17, 15) is 5.11 Å². The molecule has 0 unspecified atom stereocenters. The van der Waals surface area contributed by atoms with Gasteiger partial charge in [-0.1, -0.05) is 24.3 Å². The third-order valence-electron chi connectivity index (χ3n) is 7.00. The normalized spacial score (nSPS) is 29.6. The first-order chi connectivity index (χ1) is 14.0. The summed E-state index contributed by atoms with van der Waals surface area (Å²) in [5.74, 6) is 3.10. The van der Waals surface area contributed by atoms with Crippen LogP contribution in [0.2, 0.25) is 0 Å². The van der Waals surface area contributed by atoms with Gasteiger partial charge in [0, 0.05) is 17.3 Å². The van der Waals surface area contributed by atoms with Gasteiger partial charge in [-0.05, 0) is 92.4 Å². The number of halogens is 2. The van der Waals surface area contributed by atoms with Gasteiger partial charge in [0.15, 0.2) is 0 Å². The monoisotopic (exact) mass is 505 g/mol. The number of hydrogen-bond acceptors (Lipinski definition) is 2. The van der Waals surface area contributed by atoms with Crippen LogP contribution in [0.5, 0.6) is 5.75 Å². The molecule has 1 N–H and O–H groups in total. The van der Waals surface area contributed by atoms with E-state index in [1.54, 1.807) is 0 Å².